The molecule has 0 heterocycles. The van der Waals surface area contributed by atoms with Crippen LogP contribution in [0.25, 0.3) is 0 Å². The molecule has 0 bridgehead atoms. The van der Waals surface area contributed by atoms with Crippen molar-refractivity contribution in [3.05, 3.63) is 23.8 Å². The van der Waals surface area contributed by atoms with E-state index in [0.717, 1.165) is 18.3 Å². The minimum atomic E-state index is -0.207. The molecular weight excluding hydrogens is 284 g/mol. The summed E-state index contributed by atoms with van der Waals surface area (Å²) in [4.78, 5) is 10.8. The molecule has 0 aromatic rings. The van der Waals surface area contributed by atoms with Crippen molar-refractivity contribution >= 4 is 5.97 Å². The van der Waals surface area contributed by atoms with Gasteiger partial charge in [-0.1, -0.05) is 44.4 Å². The lowest BCUT2D eigenvalue weighted by molar-refractivity contribution is -0.139. The lowest BCUT2D eigenvalue weighted by atomic mass is 9.51. The number of hydrogen-bond donors (Lipinski definition) is 0. The summed E-state index contributed by atoms with van der Waals surface area (Å²) in [5.74, 6) is 2.18. The van der Waals surface area contributed by atoms with Gasteiger partial charge in [0.1, 0.15) is 6.61 Å². The summed E-state index contributed by atoms with van der Waals surface area (Å²) in [6.45, 7) is 13.4. The Labute approximate surface area is 142 Å². The van der Waals surface area contributed by atoms with Crippen molar-refractivity contribution in [3.8, 4) is 0 Å². The van der Waals surface area contributed by atoms with Crippen LogP contribution in [0, 0.1) is 23.2 Å². The number of esters is 1. The van der Waals surface area contributed by atoms with Crippen LogP contribution in [-0.4, -0.2) is 12.6 Å². The first kappa shape index (κ1) is 18.3. The zero-order chi connectivity index (χ0) is 17.0. The molecule has 4 unspecified atom stereocenters. The molecule has 2 heteroatoms. The van der Waals surface area contributed by atoms with Gasteiger partial charge in [-0.2, -0.15) is 0 Å². The van der Waals surface area contributed by atoms with Crippen molar-refractivity contribution in [2.75, 3.05) is 6.61 Å². The summed E-state index contributed by atoms with van der Waals surface area (Å²) in [5, 5.41) is 0. The average molecular weight is 319 g/mol. The van der Waals surface area contributed by atoms with Gasteiger partial charge in [0, 0.05) is 6.92 Å². The maximum Gasteiger partial charge on any atom is 0.302 e. The topological polar surface area (TPSA) is 26.3 Å². The van der Waals surface area contributed by atoms with Gasteiger partial charge >= 0.3 is 5.97 Å². The Kier molecular flexibility index (Phi) is 6.11. The van der Waals surface area contributed by atoms with Crippen LogP contribution in [-0.2, 0) is 9.53 Å². The van der Waals surface area contributed by atoms with Crippen molar-refractivity contribution < 1.29 is 9.53 Å². The van der Waals surface area contributed by atoms with Crippen LogP contribution < -0.4 is 0 Å². The molecular formula is C21H34O2. The Bertz CT molecular complexity index is 476. The zero-order valence-electron chi connectivity index (χ0n) is 15.5. The van der Waals surface area contributed by atoms with Crippen molar-refractivity contribution in [2.45, 2.75) is 72.6 Å². The summed E-state index contributed by atoms with van der Waals surface area (Å²) in [7, 11) is 0. The Balaban J connectivity index is 1.99. The molecule has 0 amide bonds. The number of allylic oxidation sites excluding steroid dienone is 2. The number of carbonyl (C=O) groups is 1. The molecule has 2 nitrogen and oxygen atoms in total. The smallest absolute Gasteiger partial charge is 0.302 e. The fourth-order valence-electron chi connectivity index (χ4n) is 5.18. The maximum absolute atomic E-state index is 10.8. The van der Waals surface area contributed by atoms with Gasteiger partial charge < -0.3 is 4.74 Å². The van der Waals surface area contributed by atoms with Crippen LogP contribution in [0.15, 0.2) is 23.8 Å². The maximum atomic E-state index is 10.8. The minimum Gasteiger partial charge on any atom is -0.462 e. The van der Waals surface area contributed by atoms with E-state index in [-0.39, 0.29) is 5.97 Å². The van der Waals surface area contributed by atoms with Crippen LogP contribution in [0.3, 0.4) is 0 Å². The van der Waals surface area contributed by atoms with Gasteiger partial charge in [-0.3, -0.25) is 4.79 Å². The number of ether oxygens (including phenoxy) is 1. The second-order valence-electron chi connectivity index (χ2n) is 8.12. The predicted octanol–water partition coefficient (Wildman–Crippen LogP) is 5.68. The highest BCUT2D eigenvalue weighted by Gasteiger charge is 2.48. The highest BCUT2D eigenvalue weighted by Crippen LogP contribution is 2.57. The molecule has 2 saturated carbocycles. The first-order valence-corrected chi connectivity index (χ1v) is 9.31. The van der Waals surface area contributed by atoms with E-state index in [2.05, 4.69) is 33.4 Å². The molecule has 4 atom stereocenters. The van der Waals surface area contributed by atoms with E-state index < -0.39 is 0 Å². The van der Waals surface area contributed by atoms with Crippen LogP contribution in [0.1, 0.15) is 72.6 Å². The third-order valence-electron chi connectivity index (χ3n) is 6.52. The summed E-state index contributed by atoms with van der Waals surface area (Å²) in [6.07, 6.45) is 11.0. The molecule has 0 aromatic heterocycles. The molecule has 2 aliphatic carbocycles. The lowest BCUT2D eigenvalue weighted by Crippen LogP contribution is -2.45. The van der Waals surface area contributed by atoms with Crippen molar-refractivity contribution in [3.63, 3.8) is 0 Å². The van der Waals surface area contributed by atoms with E-state index in [1.165, 1.54) is 56.6 Å². The molecule has 23 heavy (non-hydrogen) atoms. The second-order valence-corrected chi connectivity index (χ2v) is 8.12. The summed E-state index contributed by atoms with van der Waals surface area (Å²) >= 11 is 0. The van der Waals surface area contributed by atoms with E-state index in [4.69, 9.17) is 4.74 Å². The van der Waals surface area contributed by atoms with Crippen LogP contribution in [0.2, 0.25) is 0 Å². The Morgan fingerprint density at radius 2 is 2.13 bits per heavy atom. The number of rotatable bonds is 5. The van der Waals surface area contributed by atoms with Crippen molar-refractivity contribution in [1.82, 2.24) is 0 Å². The molecule has 0 radical (unpaired) electrons. The number of carbonyl (C=O) groups excluding carboxylic acids is 1. The molecule has 0 N–H and O–H groups in total. The third-order valence-corrected chi connectivity index (χ3v) is 6.52. The second kappa shape index (κ2) is 7.68. The first-order valence-electron chi connectivity index (χ1n) is 9.31. The molecule has 2 aliphatic rings. The summed E-state index contributed by atoms with van der Waals surface area (Å²) < 4.78 is 5.01. The highest BCUT2D eigenvalue weighted by molar-refractivity contribution is 5.66. The van der Waals surface area contributed by atoms with Gasteiger partial charge in [0.2, 0.25) is 0 Å². The fraction of sp³-hybridized carbons (Fsp3) is 0.762. The van der Waals surface area contributed by atoms with E-state index in [1.807, 2.05) is 0 Å². The zero-order valence-corrected chi connectivity index (χ0v) is 15.5. The van der Waals surface area contributed by atoms with Crippen LogP contribution in [0.5, 0.6) is 0 Å². The summed E-state index contributed by atoms with van der Waals surface area (Å²) in [6, 6.07) is 0. The average Bonchev–Trinajstić information content (AvgIpc) is 2.45. The summed E-state index contributed by atoms with van der Waals surface area (Å²) in [5.41, 5.74) is 3.25. The number of hydrogen-bond acceptors (Lipinski definition) is 2. The highest BCUT2D eigenvalue weighted by atomic mass is 16.5. The van der Waals surface area contributed by atoms with E-state index in [9.17, 15) is 4.79 Å². The fourth-order valence-corrected chi connectivity index (χ4v) is 5.18. The molecule has 0 spiro atoms. The van der Waals surface area contributed by atoms with Gasteiger partial charge in [0.05, 0.1) is 0 Å². The molecule has 2 rings (SSSR count). The Morgan fingerprint density at radius 3 is 2.83 bits per heavy atom. The SMILES string of the molecule is C=C1CCC2C(C)CCCC2(C)C1CC/C(C)=C/COC(C)=O. The monoisotopic (exact) mass is 318 g/mol. The molecule has 2 fully saturated rings. The van der Waals surface area contributed by atoms with Crippen molar-refractivity contribution in [1.29, 1.82) is 0 Å². The van der Waals surface area contributed by atoms with Gasteiger partial charge in [-0.15, -0.1) is 0 Å². The van der Waals surface area contributed by atoms with Gasteiger partial charge in [-0.05, 0) is 68.3 Å². The van der Waals surface area contributed by atoms with Gasteiger partial charge in [0.25, 0.3) is 0 Å². The Morgan fingerprint density at radius 1 is 1.39 bits per heavy atom. The van der Waals surface area contributed by atoms with Gasteiger partial charge in [0.15, 0.2) is 0 Å². The van der Waals surface area contributed by atoms with E-state index >= 15 is 0 Å². The predicted molar refractivity (Wildman–Crippen MR) is 96.1 cm³/mol. The molecule has 130 valence electrons. The van der Waals surface area contributed by atoms with E-state index in [0.29, 0.717) is 17.9 Å². The minimum absolute atomic E-state index is 0.207. The standard InChI is InChI=1S/C21H34O2/c1-15(12-14-23-18(4)22)8-10-19-17(3)9-11-20-16(2)7-6-13-21(19,20)5/h12,16,19-20H,3,6-11,13-14H2,1-2,4-5H3/b15-12+. The largest absolute Gasteiger partial charge is 0.462 e. The quantitative estimate of drug-likeness (QED) is 0.481. The molecule has 0 aliphatic heterocycles. The number of fused-ring (bicyclic) bond motifs is 1. The normalized spacial score (nSPS) is 34.9. The molecule has 0 saturated heterocycles. The van der Waals surface area contributed by atoms with Crippen molar-refractivity contribution in [2.24, 2.45) is 23.2 Å². The van der Waals surface area contributed by atoms with Crippen LogP contribution >= 0.6 is 0 Å². The Hall–Kier alpha value is -1.05. The van der Waals surface area contributed by atoms with Crippen LogP contribution in [0.4, 0.5) is 0 Å². The first-order chi connectivity index (χ1) is 10.8. The van der Waals surface area contributed by atoms with E-state index in [1.54, 1.807) is 0 Å². The van der Waals surface area contributed by atoms with Gasteiger partial charge in [-0.25, -0.2) is 0 Å². The lowest BCUT2D eigenvalue weighted by Gasteiger charge is -2.54. The molecule has 0 aromatic carbocycles. The third kappa shape index (κ3) is 4.28.